The first-order chi connectivity index (χ1) is 8.69. The Kier molecular flexibility index (Phi) is 3.89. The molecule has 18 heavy (non-hydrogen) atoms. The number of pyridine rings is 1. The minimum Gasteiger partial charge on any atom is -0.384 e. The largest absolute Gasteiger partial charge is 0.384 e. The highest BCUT2D eigenvalue weighted by molar-refractivity contribution is 5.33. The van der Waals surface area contributed by atoms with Gasteiger partial charge in [0.15, 0.2) is 0 Å². The van der Waals surface area contributed by atoms with Gasteiger partial charge in [0.1, 0.15) is 11.6 Å². The number of nitrogen functional groups attached to an aromatic ring is 1. The molecule has 1 aromatic carbocycles. The molecule has 3 N–H and O–H groups in total. The maximum atomic E-state index is 12.9. The molecule has 1 atom stereocenters. The molecule has 0 aliphatic carbocycles. The monoisotopic (exact) mass is 245 g/mol. The highest BCUT2D eigenvalue weighted by Gasteiger charge is 2.10. The van der Waals surface area contributed by atoms with E-state index < -0.39 is 0 Å². The quantitative estimate of drug-likeness (QED) is 0.869. The maximum absolute atomic E-state index is 12.9. The van der Waals surface area contributed by atoms with E-state index in [0.717, 1.165) is 17.5 Å². The van der Waals surface area contributed by atoms with Gasteiger partial charge in [0.05, 0.1) is 0 Å². The SMILES string of the molecule is CNC(Cc1ccnc(N)c1)c1ccc(F)cc1. The molecule has 0 radical (unpaired) electrons. The number of nitrogens with zero attached hydrogens (tertiary/aromatic N) is 1. The summed E-state index contributed by atoms with van der Waals surface area (Å²) in [4.78, 5) is 3.97. The van der Waals surface area contributed by atoms with Crippen LogP contribution in [0.1, 0.15) is 17.2 Å². The molecule has 0 amide bonds. The zero-order valence-corrected chi connectivity index (χ0v) is 10.2. The average Bonchev–Trinajstić information content (AvgIpc) is 2.37. The summed E-state index contributed by atoms with van der Waals surface area (Å²) in [5.74, 6) is 0.295. The number of aromatic nitrogens is 1. The fraction of sp³-hybridized carbons (Fsp3) is 0.214. The number of nitrogens with one attached hydrogen (secondary N) is 1. The summed E-state index contributed by atoms with van der Waals surface area (Å²) in [6, 6.07) is 10.5. The topological polar surface area (TPSA) is 50.9 Å². The maximum Gasteiger partial charge on any atom is 0.123 e. The highest BCUT2D eigenvalue weighted by Crippen LogP contribution is 2.19. The molecule has 0 aliphatic rings. The molecule has 0 fully saturated rings. The number of halogens is 1. The summed E-state index contributed by atoms with van der Waals surface area (Å²) in [6.07, 6.45) is 2.48. The third-order valence-electron chi connectivity index (χ3n) is 2.91. The van der Waals surface area contributed by atoms with E-state index in [1.54, 1.807) is 18.3 Å². The van der Waals surface area contributed by atoms with Gasteiger partial charge in [-0.05, 0) is 48.9 Å². The smallest absolute Gasteiger partial charge is 0.123 e. The van der Waals surface area contributed by atoms with Gasteiger partial charge in [-0.15, -0.1) is 0 Å². The van der Waals surface area contributed by atoms with Gasteiger partial charge in [-0.25, -0.2) is 9.37 Å². The molecule has 94 valence electrons. The molecule has 2 rings (SSSR count). The van der Waals surface area contributed by atoms with Gasteiger partial charge >= 0.3 is 0 Å². The number of likely N-dealkylation sites (N-methyl/N-ethyl adjacent to an activating group) is 1. The van der Waals surface area contributed by atoms with E-state index in [4.69, 9.17) is 5.73 Å². The number of hydrogen-bond acceptors (Lipinski definition) is 3. The molecule has 1 aromatic heterocycles. The van der Waals surface area contributed by atoms with E-state index in [0.29, 0.717) is 5.82 Å². The highest BCUT2D eigenvalue weighted by atomic mass is 19.1. The normalized spacial score (nSPS) is 12.3. The third kappa shape index (κ3) is 3.05. The number of hydrogen-bond donors (Lipinski definition) is 2. The van der Waals surface area contributed by atoms with Crippen molar-refractivity contribution in [2.24, 2.45) is 0 Å². The Labute approximate surface area is 106 Å². The molecule has 4 heteroatoms. The molecule has 0 saturated carbocycles. The Bertz CT molecular complexity index is 511. The van der Waals surface area contributed by atoms with Gasteiger partial charge < -0.3 is 11.1 Å². The summed E-state index contributed by atoms with van der Waals surface area (Å²) in [5.41, 5.74) is 7.81. The van der Waals surface area contributed by atoms with Crippen molar-refractivity contribution in [1.82, 2.24) is 10.3 Å². The summed E-state index contributed by atoms with van der Waals surface area (Å²) in [6.45, 7) is 0. The van der Waals surface area contributed by atoms with Gasteiger partial charge in [-0.2, -0.15) is 0 Å². The van der Waals surface area contributed by atoms with Crippen molar-refractivity contribution in [3.05, 3.63) is 59.5 Å². The van der Waals surface area contributed by atoms with Gasteiger partial charge in [-0.3, -0.25) is 0 Å². The van der Waals surface area contributed by atoms with Crippen molar-refractivity contribution in [3.63, 3.8) is 0 Å². The molecule has 0 bridgehead atoms. The van der Waals surface area contributed by atoms with E-state index in [2.05, 4.69) is 10.3 Å². The second-order valence-corrected chi connectivity index (χ2v) is 4.19. The second kappa shape index (κ2) is 5.60. The Balaban J connectivity index is 2.17. The van der Waals surface area contributed by atoms with Crippen LogP contribution in [0.3, 0.4) is 0 Å². The van der Waals surface area contributed by atoms with Crippen molar-refractivity contribution in [2.45, 2.75) is 12.5 Å². The Morgan fingerprint density at radius 1 is 1.28 bits per heavy atom. The van der Waals surface area contributed by atoms with E-state index >= 15 is 0 Å². The van der Waals surface area contributed by atoms with Crippen LogP contribution >= 0.6 is 0 Å². The molecule has 0 aliphatic heterocycles. The van der Waals surface area contributed by atoms with Crippen molar-refractivity contribution in [3.8, 4) is 0 Å². The lowest BCUT2D eigenvalue weighted by atomic mass is 9.99. The predicted molar refractivity (Wildman–Crippen MR) is 70.6 cm³/mol. The molecular weight excluding hydrogens is 229 g/mol. The van der Waals surface area contributed by atoms with Crippen LogP contribution in [-0.2, 0) is 6.42 Å². The minimum absolute atomic E-state index is 0.132. The lowest BCUT2D eigenvalue weighted by Gasteiger charge is -2.16. The zero-order chi connectivity index (χ0) is 13.0. The lowest BCUT2D eigenvalue weighted by Crippen LogP contribution is -2.18. The lowest BCUT2D eigenvalue weighted by molar-refractivity contribution is 0.586. The molecule has 0 saturated heterocycles. The Morgan fingerprint density at radius 2 is 2.00 bits per heavy atom. The van der Waals surface area contributed by atoms with Crippen LogP contribution in [0.25, 0.3) is 0 Å². The van der Waals surface area contributed by atoms with Gasteiger partial charge in [0.25, 0.3) is 0 Å². The van der Waals surface area contributed by atoms with Crippen LogP contribution in [-0.4, -0.2) is 12.0 Å². The summed E-state index contributed by atoms with van der Waals surface area (Å²) < 4.78 is 12.9. The van der Waals surface area contributed by atoms with Crippen LogP contribution in [0.5, 0.6) is 0 Å². The van der Waals surface area contributed by atoms with Crippen LogP contribution < -0.4 is 11.1 Å². The third-order valence-corrected chi connectivity index (χ3v) is 2.91. The summed E-state index contributed by atoms with van der Waals surface area (Å²) >= 11 is 0. The van der Waals surface area contributed by atoms with Crippen molar-refractivity contribution in [2.75, 3.05) is 12.8 Å². The van der Waals surface area contributed by atoms with Crippen molar-refractivity contribution < 1.29 is 4.39 Å². The van der Waals surface area contributed by atoms with Crippen molar-refractivity contribution >= 4 is 5.82 Å². The minimum atomic E-state index is -0.221. The predicted octanol–water partition coefficient (Wildman–Crippen LogP) is 2.31. The number of rotatable bonds is 4. The molecule has 0 spiro atoms. The molecule has 3 nitrogen and oxygen atoms in total. The van der Waals surface area contributed by atoms with E-state index in [1.165, 1.54) is 12.1 Å². The van der Waals surface area contributed by atoms with E-state index in [-0.39, 0.29) is 11.9 Å². The standard InChI is InChI=1S/C14H16FN3/c1-17-13(11-2-4-12(15)5-3-11)8-10-6-7-18-14(16)9-10/h2-7,9,13,17H,8H2,1H3,(H2,16,18). The van der Waals surface area contributed by atoms with Crippen LogP contribution in [0.2, 0.25) is 0 Å². The average molecular weight is 245 g/mol. The van der Waals surface area contributed by atoms with Crippen LogP contribution in [0, 0.1) is 5.82 Å². The number of anilines is 1. The van der Waals surface area contributed by atoms with Crippen LogP contribution in [0.4, 0.5) is 10.2 Å². The fourth-order valence-electron chi connectivity index (χ4n) is 1.94. The molecular formula is C14H16FN3. The first-order valence-electron chi connectivity index (χ1n) is 5.82. The number of benzene rings is 1. The van der Waals surface area contributed by atoms with Gasteiger partial charge in [0.2, 0.25) is 0 Å². The van der Waals surface area contributed by atoms with E-state index in [9.17, 15) is 4.39 Å². The molecule has 2 aromatic rings. The Hall–Kier alpha value is -1.94. The van der Waals surface area contributed by atoms with Gasteiger partial charge in [-0.1, -0.05) is 12.1 Å². The first kappa shape index (κ1) is 12.5. The number of nitrogens with two attached hydrogens (primary N) is 1. The summed E-state index contributed by atoms with van der Waals surface area (Å²) in [5, 5.41) is 3.22. The fourth-order valence-corrected chi connectivity index (χ4v) is 1.94. The first-order valence-corrected chi connectivity index (χ1v) is 5.82. The zero-order valence-electron chi connectivity index (χ0n) is 10.2. The molecule has 1 heterocycles. The van der Waals surface area contributed by atoms with Gasteiger partial charge in [0, 0.05) is 12.2 Å². The summed E-state index contributed by atoms with van der Waals surface area (Å²) in [7, 11) is 1.89. The van der Waals surface area contributed by atoms with Crippen LogP contribution in [0.15, 0.2) is 42.6 Å². The second-order valence-electron chi connectivity index (χ2n) is 4.19. The van der Waals surface area contributed by atoms with Crippen molar-refractivity contribution in [1.29, 1.82) is 0 Å². The van der Waals surface area contributed by atoms with E-state index in [1.807, 2.05) is 19.2 Å². The Morgan fingerprint density at radius 3 is 2.61 bits per heavy atom. The molecule has 1 unspecified atom stereocenters.